The molecule has 0 unspecified atom stereocenters. The molecule has 0 saturated carbocycles. The molecule has 0 spiro atoms. The smallest absolute Gasteiger partial charge is 0.244 e. The van der Waals surface area contributed by atoms with Crippen LogP contribution >= 0.6 is 23.4 Å². The number of carbonyl (C=O) groups is 2. The van der Waals surface area contributed by atoms with E-state index in [4.69, 9.17) is 11.6 Å². The number of nitrogens with one attached hydrogen (secondary N) is 2. The van der Waals surface area contributed by atoms with Crippen molar-refractivity contribution in [2.45, 2.75) is 5.16 Å². The zero-order chi connectivity index (χ0) is 19.9. The molecule has 0 aliphatic heterocycles. The van der Waals surface area contributed by atoms with Crippen molar-refractivity contribution < 1.29 is 9.59 Å². The van der Waals surface area contributed by atoms with Crippen LogP contribution in [-0.4, -0.2) is 56.2 Å². The van der Waals surface area contributed by atoms with Crippen molar-refractivity contribution in [2.24, 2.45) is 0 Å². The molecule has 1 aromatic carbocycles. The molecule has 3 rings (SSSR count). The van der Waals surface area contributed by atoms with Crippen LogP contribution in [0.25, 0.3) is 11.4 Å². The standard InChI is InChI=1S/C18H17ClN6O2S/c1-25(10-15(26)21-14-5-3-2-4-13(14)19)16(27)11-28-18-22-17(23-24-18)12-6-8-20-9-7-12/h2-9H,10-11H2,1H3,(H,21,26)(H,22,23,24). The number of halogens is 1. The Kier molecular flexibility index (Phi) is 6.62. The molecule has 28 heavy (non-hydrogen) atoms. The van der Waals surface area contributed by atoms with Crippen molar-refractivity contribution in [1.29, 1.82) is 0 Å². The summed E-state index contributed by atoms with van der Waals surface area (Å²) < 4.78 is 0. The van der Waals surface area contributed by atoms with Gasteiger partial charge in [0.05, 0.1) is 23.0 Å². The molecule has 3 aromatic rings. The zero-order valence-electron chi connectivity index (χ0n) is 14.9. The minimum Gasteiger partial charge on any atom is -0.336 e. The number of rotatable bonds is 7. The summed E-state index contributed by atoms with van der Waals surface area (Å²) >= 11 is 7.21. The van der Waals surface area contributed by atoms with Crippen LogP contribution in [0.15, 0.2) is 53.9 Å². The fourth-order valence-electron chi connectivity index (χ4n) is 2.24. The summed E-state index contributed by atoms with van der Waals surface area (Å²) in [4.78, 5) is 34.0. The molecule has 0 atom stereocenters. The maximum Gasteiger partial charge on any atom is 0.244 e. The van der Waals surface area contributed by atoms with E-state index < -0.39 is 0 Å². The van der Waals surface area contributed by atoms with Gasteiger partial charge in [-0.25, -0.2) is 4.98 Å². The monoisotopic (exact) mass is 416 g/mol. The molecule has 2 heterocycles. The third-order valence-electron chi connectivity index (χ3n) is 3.70. The number of nitrogens with zero attached hydrogens (tertiary/aromatic N) is 4. The van der Waals surface area contributed by atoms with Gasteiger partial charge in [-0.15, -0.1) is 5.10 Å². The highest BCUT2D eigenvalue weighted by Gasteiger charge is 2.15. The summed E-state index contributed by atoms with van der Waals surface area (Å²) in [5, 5.41) is 10.5. The molecule has 144 valence electrons. The van der Waals surface area contributed by atoms with Gasteiger partial charge in [-0.2, -0.15) is 0 Å². The molecule has 0 aliphatic carbocycles. The normalized spacial score (nSPS) is 10.5. The molecule has 0 aliphatic rings. The molecule has 0 bridgehead atoms. The van der Waals surface area contributed by atoms with Crippen LogP contribution in [0.1, 0.15) is 0 Å². The SMILES string of the molecule is CN(CC(=O)Nc1ccccc1Cl)C(=O)CSc1n[nH]c(-c2ccncc2)n1. The predicted molar refractivity (Wildman–Crippen MR) is 108 cm³/mol. The maximum atomic E-state index is 12.3. The van der Waals surface area contributed by atoms with Crippen molar-refractivity contribution in [3.8, 4) is 11.4 Å². The van der Waals surface area contributed by atoms with E-state index in [1.807, 2.05) is 12.1 Å². The zero-order valence-corrected chi connectivity index (χ0v) is 16.5. The largest absolute Gasteiger partial charge is 0.336 e. The van der Waals surface area contributed by atoms with Gasteiger partial charge in [0.15, 0.2) is 5.82 Å². The number of hydrogen-bond donors (Lipinski definition) is 2. The second-order valence-corrected chi connectivity index (χ2v) is 7.12. The van der Waals surface area contributed by atoms with Crippen molar-refractivity contribution in [2.75, 3.05) is 24.7 Å². The number of aromatic amines is 1. The van der Waals surface area contributed by atoms with E-state index in [2.05, 4.69) is 25.5 Å². The Morgan fingerprint density at radius 1 is 1.21 bits per heavy atom. The quantitative estimate of drug-likeness (QED) is 0.574. The highest BCUT2D eigenvalue weighted by Crippen LogP contribution is 2.21. The Balaban J connectivity index is 1.49. The summed E-state index contributed by atoms with van der Waals surface area (Å²) in [7, 11) is 1.56. The van der Waals surface area contributed by atoms with Crippen LogP contribution in [0.3, 0.4) is 0 Å². The van der Waals surface area contributed by atoms with E-state index in [1.165, 1.54) is 16.7 Å². The lowest BCUT2D eigenvalue weighted by atomic mass is 10.3. The fourth-order valence-corrected chi connectivity index (χ4v) is 3.16. The van der Waals surface area contributed by atoms with E-state index in [0.717, 1.165) is 5.56 Å². The van der Waals surface area contributed by atoms with Crippen LogP contribution in [0, 0.1) is 0 Å². The van der Waals surface area contributed by atoms with Crippen molar-refractivity contribution in [3.63, 3.8) is 0 Å². The number of hydrogen-bond acceptors (Lipinski definition) is 6. The van der Waals surface area contributed by atoms with Gasteiger partial charge in [0.25, 0.3) is 0 Å². The molecular weight excluding hydrogens is 400 g/mol. The number of amides is 2. The van der Waals surface area contributed by atoms with Crippen LogP contribution in [-0.2, 0) is 9.59 Å². The number of thioether (sulfide) groups is 1. The Morgan fingerprint density at radius 2 is 1.96 bits per heavy atom. The summed E-state index contributed by atoms with van der Waals surface area (Å²) in [5.41, 5.74) is 1.36. The molecular formula is C18H17ClN6O2S. The minimum atomic E-state index is -0.327. The molecule has 2 N–H and O–H groups in total. The molecule has 8 nitrogen and oxygen atoms in total. The highest BCUT2D eigenvalue weighted by molar-refractivity contribution is 7.99. The molecule has 0 saturated heterocycles. The number of benzene rings is 1. The van der Waals surface area contributed by atoms with Gasteiger partial charge in [-0.1, -0.05) is 35.5 Å². The van der Waals surface area contributed by atoms with E-state index >= 15 is 0 Å². The lowest BCUT2D eigenvalue weighted by Crippen LogP contribution is -2.36. The highest BCUT2D eigenvalue weighted by atomic mass is 35.5. The number of para-hydroxylation sites is 1. The second kappa shape index (κ2) is 9.34. The third kappa shape index (κ3) is 5.30. The van der Waals surface area contributed by atoms with E-state index in [0.29, 0.717) is 21.7 Å². The topological polar surface area (TPSA) is 104 Å². The average molecular weight is 417 g/mol. The van der Waals surface area contributed by atoms with Crippen molar-refractivity contribution in [1.82, 2.24) is 25.1 Å². The Labute approximate surface area is 170 Å². The van der Waals surface area contributed by atoms with Gasteiger partial charge < -0.3 is 10.2 Å². The molecule has 0 radical (unpaired) electrons. The number of likely N-dealkylation sites (N-methyl/N-ethyl adjacent to an activating group) is 1. The molecule has 2 aromatic heterocycles. The van der Waals surface area contributed by atoms with Crippen LogP contribution in [0.2, 0.25) is 5.02 Å². The van der Waals surface area contributed by atoms with Crippen LogP contribution in [0.5, 0.6) is 0 Å². The molecule has 0 fully saturated rings. The van der Waals surface area contributed by atoms with Gasteiger partial charge >= 0.3 is 0 Å². The van der Waals surface area contributed by atoms with Crippen LogP contribution in [0.4, 0.5) is 5.69 Å². The first-order valence-electron chi connectivity index (χ1n) is 8.27. The first-order chi connectivity index (χ1) is 13.5. The maximum absolute atomic E-state index is 12.3. The van der Waals surface area contributed by atoms with Gasteiger partial charge in [0.2, 0.25) is 17.0 Å². The lowest BCUT2D eigenvalue weighted by Gasteiger charge is -2.16. The number of H-pyrrole nitrogens is 1. The lowest BCUT2D eigenvalue weighted by molar-refractivity contribution is -0.131. The minimum absolute atomic E-state index is 0.0825. The first-order valence-corrected chi connectivity index (χ1v) is 9.63. The first kappa shape index (κ1) is 19.8. The molecule has 2 amide bonds. The van der Waals surface area contributed by atoms with Crippen molar-refractivity contribution >= 4 is 40.9 Å². The summed E-state index contributed by atoms with van der Waals surface area (Å²) in [6.07, 6.45) is 3.33. The van der Waals surface area contributed by atoms with Crippen LogP contribution < -0.4 is 5.32 Å². The number of carbonyl (C=O) groups excluding carboxylic acids is 2. The number of pyridine rings is 1. The van der Waals surface area contributed by atoms with Gasteiger partial charge in [-0.05, 0) is 24.3 Å². The average Bonchev–Trinajstić information content (AvgIpc) is 3.17. The van der Waals surface area contributed by atoms with Gasteiger partial charge in [0, 0.05) is 25.0 Å². The molecule has 10 heteroatoms. The third-order valence-corrected chi connectivity index (χ3v) is 4.86. The van der Waals surface area contributed by atoms with E-state index in [1.54, 1.807) is 43.7 Å². The van der Waals surface area contributed by atoms with Gasteiger partial charge in [0.1, 0.15) is 0 Å². The summed E-state index contributed by atoms with van der Waals surface area (Å²) in [6, 6.07) is 10.5. The van der Waals surface area contributed by atoms with Gasteiger partial charge in [-0.3, -0.25) is 19.7 Å². The number of aromatic nitrogens is 4. The second-order valence-electron chi connectivity index (χ2n) is 5.77. The van der Waals surface area contributed by atoms with E-state index in [-0.39, 0.29) is 24.1 Å². The van der Waals surface area contributed by atoms with E-state index in [9.17, 15) is 9.59 Å². The Morgan fingerprint density at radius 3 is 2.71 bits per heavy atom. The Bertz CT molecular complexity index is 965. The number of anilines is 1. The van der Waals surface area contributed by atoms with Crippen molar-refractivity contribution in [3.05, 3.63) is 53.8 Å². The summed E-state index contributed by atoms with van der Waals surface area (Å²) in [6.45, 7) is -0.0825. The Hall–Kier alpha value is -2.91. The predicted octanol–water partition coefficient (Wildman–Crippen LogP) is 2.71. The summed E-state index contributed by atoms with van der Waals surface area (Å²) in [5.74, 6) is 0.176. The fraction of sp³-hybridized carbons (Fsp3) is 0.167.